The topological polar surface area (TPSA) is 54.9 Å². The zero-order chi connectivity index (χ0) is 14.5. The van der Waals surface area contributed by atoms with Crippen LogP contribution in [0.3, 0.4) is 0 Å². The first kappa shape index (κ1) is 14.7. The third-order valence-electron chi connectivity index (χ3n) is 3.15. The summed E-state index contributed by atoms with van der Waals surface area (Å²) in [4.78, 5) is 22.0. The molecule has 0 radical (unpaired) electrons. The zero-order valence-electron chi connectivity index (χ0n) is 12.0. The van der Waals surface area contributed by atoms with E-state index in [1.54, 1.807) is 17.5 Å². The van der Waals surface area contributed by atoms with E-state index in [9.17, 15) is 4.79 Å². The molecule has 0 spiro atoms. The zero-order valence-corrected chi connectivity index (χ0v) is 12.8. The van der Waals surface area contributed by atoms with E-state index in [1.807, 2.05) is 25.1 Å². The number of carbonyl (C=O) groups is 1. The van der Waals surface area contributed by atoms with Crippen molar-refractivity contribution in [3.05, 3.63) is 45.7 Å². The van der Waals surface area contributed by atoms with Crippen LogP contribution in [0.1, 0.15) is 40.7 Å². The van der Waals surface area contributed by atoms with Crippen LogP contribution in [0.5, 0.6) is 0 Å². The third-order valence-corrected chi connectivity index (χ3v) is 4.34. The molecule has 2 heterocycles. The van der Waals surface area contributed by atoms with Crippen LogP contribution in [0.25, 0.3) is 0 Å². The van der Waals surface area contributed by atoms with Gasteiger partial charge in [0.25, 0.3) is 0 Å². The van der Waals surface area contributed by atoms with Crippen LogP contribution in [0.15, 0.2) is 24.4 Å². The minimum Gasteiger partial charge on any atom is -0.347 e. The van der Waals surface area contributed by atoms with Gasteiger partial charge in [0, 0.05) is 16.8 Å². The van der Waals surface area contributed by atoms with Gasteiger partial charge in [-0.25, -0.2) is 4.98 Å². The first-order chi connectivity index (χ1) is 9.60. The van der Waals surface area contributed by atoms with Crippen molar-refractivity contribution in [2.45, 2.75) is 39.7 Å². The van der Waals surface area contributed by atoms with Crippen molar-refractivity contribution in [1.29, 1.82) is 0 Å². The molecule has 0 saturated heterocycles. The molecule has 4 nitrogen and oxygen atoms in total. The lowest BCUT2D eigenvalue weighted by Gasteiger charge is -2.14. The lowest BCUT2D eigenvalue weighted by atomic mass is 10.2. The van der Waals surface area contributed by atoms with Gasteiger partial charge >= 0.3 is 0 Å². The number of rotatable bonds is 5. The average Bonchev–Trinajstić information content (AvgIpc) is 2.77. The summed E-state index contributed by atoms with van der Waals surface area (Å²) in [5, 5.41) is 4.02. The van der Waals surface area contributed by atoms with Crippen molar-refractivity contribution in [3.63, 3.8) is 0 Å². The number of hydrogen-bond donors (Lipinski definition) is 1. The largest absolute Gasteiger partial charge is 0.347 e. The number of hydrogen-bond acceptors (Lipinski definition) is 4. The molecule has 0 saturated carbocycles. The van der Waals surface area contributed by atoms with Crippen LogP contribution < -0.4 is 5.32 Å². The normalized spacial score (nSPS) is 12.2. The molecule has 0 aliphatic carbocycles. The highest BCUT2D eigenvalue weighted by Gasteiger charge is 2.17. The minimum atomic E-state index is -0.0129. The maximum atomic E-state index is 12.1. The smallest absolute Gasteiger partial charge is 0.226 e. The van der Waals surface area contributed by atoms with E-state index < -0.39 is 0 Å². The predicted octanol–water partition coefficient (Wildman–Crippen LogP) is 2.96. The Kier molecular flexibility index (Phi) is 4.84. The molecule has 0 aromatic carbocycles. The Bertz CT molecular complexity index is 561. The van der Waals surface area contributed by atoms with Gasteiger partial charge in [-0.1, -0.05) is 13.0 Å². The Hall–Kier alpha value is -1.75. The highest BCUT2D eigenvalue weighted by molar-refractivity contribution is 7.11. The SMILES string of the molecule is CC[C@@H](NC(=O)Cc1ccccn1)c1nc(C)c(C)s1. The van der Waals surface area contributed by atoms with Crippen LogP contribution in [-0.2, 0) is 11.2 Å². The van der Waals surface area contributed by atoms with Crippen LogP contribution >= 0.6 is 11.3 Å². The summed E-state index contributed by atoms with van der Waals surface area (Å²) < 4.78 is 0. The summed E-state index contributed by atoms with van der Waals surface area (Å²) >= 11 is 1.65. The number of nitrogens with zero attached hydrogens (tertiary/aromatic N) is 2. The number of nitrogens with one attached hydrogen (secondary N) is 1. The van der Waals surface area contributed by atoms with Crippen LogP contribution in [0.4, 0.5) is 0 Å². The lowest BCUT2D eigenvalue weighted by Crippen LogP contribution is -2.29. The molecule has 5 heteroatoms. The second-order valence-corrected chi connectivity index (χ2v) is 5.95. The Labute approximate surface area is 123 Å². The second kappa shape index (κ2) is 6.61. The van der Waals surface area contributed by atoms with Gasteiger partial charge in [-0.2, -0.15) is 0 Å². The minimum absolute atomic E-state index is 0.0105. The van der Waals surface area contributed by atoms with Gasteiger partial charge in [-0.15, -0.1) is 11.3 Å². The molecule has 1 amide bonds. The maximum Gasteiger partial charge on any atom is 0.226 e. The van der Waals surface area contributed by atoms with Gasteiger partial charge in [-0.05, 0) is 32.4 Å². The van der Waals surface area contributed by atoms with Crippen LogP contribution in [0, 0.1) is 13.8 Å². The summed E-state index contributed by atoms with van der Waals surface area (Å²) in [5.74, 6) is -0.0129. The predicted molar refractivity (Wildman–Crippen MR) is 80.7 cm³/mol. The van der Waals surface area contributed by atoms with E-state index in [0.717, 1.165) is 22.8 Å². The lowest BCUT2D eigenvalue weighted by molar-refractivity contribution is -0.121. The van der Waals surface area contributed by atoms with Gasteiger partial charge in [-0.3, -0.25) is 9.78 Å². The molecule has 0 aliphatic rings. The average molecular weight is 289 g/mol. The van der Waals surface area contributed by atoms with Crippen molar-refractivity contribution in [2.24, 2.45) is 0 Å². The van der Waals surface area contributed by atoms with E-state index in [0.29, 0.717) is 6.42 Å². The van der Waals surface area contributed by atoms with Crippen molar-refractivity contribution >= 4 is 17.2 Å². The summed E-state index contributed by atoms with van der Waals surface area (Å²) in [7, 11) is 0. The summed E-state index contributed by atoms with van der Waals surface area (Å²) in [6, 6.07) is 5.58. The first-order valence-electron chi connectivity index (χ1n) is 6.73. The summed E-state index contributed by atoms with van der Waals surface area (Å²) in [6.07, 6.45) is 2.84. The number of amides is 1. The fraction of sp³-hybridized carbons (Fsp3) is 0.400. The van der Waals surface area contributed by atoms with Crippen molar-refractivity contribution in [2.75, 3.05) is 0 Å². The molecular formula is C15H19N3OS. The molecule has 106 valence electrons. The van der Waals surface area contributed by atoms with Gasteiger partial charge in [0.1, 0.15) is 5.01 Å². The first-order valence-corrected chi connectivity index (χ1v) is 7.55. The number of carbonyl (C=O) groups excluding carboxylic acids is 1. The van der Waals surface area contributed by atoms with Gasteiger partial charge in [0.2, 0.25) is 5.91 Å². The molecule has 20 heavy (non-hydrogen) atoms. The van der Waals surface area contributed by atoms with E-state index >= 15 is 0 Å². The molecule has 1 atom stereocenters. The third kappa shape index (κ3) is 3.63. The van der Waals surface area contributed by atoms with Crippen LogP contribution in [-0.4, -0.2) is 15.9 Å². The highest BCUT2D eigenvalue weighted by Crippen LogP contribution is 2.24. The Morgan fingerprint density at radius 2 is 2.20 bits per heavy atom. The summed E-state index contributed by atoms with van der Waals surface area (Å²) in [5.41, 5.74) is 1.83. The Morgan fingerprint density at radius 1 is 1.40 bits per heavy atom. The monoisotopic (exact) mass is 289 g/mol. The molecule has 2 rings (SSSR count). The molecular weight excluding hydrogens is 270 g/mol. The fourth-order valence-electron chi connectivity index (χ4n) is 1.90. The molecule has 0 unspecified atom stereocenters. The number of aromatic nitrogens is 2. The molecule has 0 aliphatic heterocycles. The maximum absolute atomic E-state index is 12.1. The van der Waals surface area contributed by atoms with E-state index in [4.69, 9.17) is 0 Å². The molecule has 0 fully saturated rings. The Balaban J connectivity index is 2.01. The van der Waals surface area contributed by atoms with Gasteiger partial charge in [0.15, 0.2) is 0 Å². The summed E-state index contributed by atoms with van der Waals surface area (Å²) in [6.45, 7) is 6.11. The van der Waals surface area contributed by atoms with E-state index in [-0.39, 0.29) is 11.9 Å². The van der Waals surface area contributed by atoms with E-state index in [1.165, 1.54) is 4.88 Å². The molecule has 2 aromatic rings. The Morgan fingerprint density at radius 3 is 2.75 bits per heavy atom. The quantitative estimate of drug-likeness (QED) is 0.920. The van der Waals surface area contributed by atoms with Crippen LogP contribution in [0.2, 0.25) is 0 Å². The highest BCUT2D eigenvalue weighted by atomic mass is 32.1. The van der Waals surface area contributed by atoms with E-state index in [2.05, 4.69) is 29.1 Å². The number of aryl methyl sites for hydroxylation is 2. The van der Waals surface area contributed by atoms with Crippen molar-refractivity contribution in [3.8, 4) is 0 Å². The van der Waals surface area contributed by atoms with Gasteiger partial charge in [0.05, 0.1) is 18.2 Å². The fourth-order valence-corrected chi connectivity index (χ4v) is 2.96. The molecule has 1 N–H and O–H groups in total. The van der Waals surface area contributed by atoms with Gasteiger partial charge < -0.3 is 5.32 Å². The molecule has 2 aromatic heterocycles. The number of pyridine rings is 1. The van der Waals surface area contributed by atoms with Crippen molar-refractivity contribution < 1.29 is 4.79 Å². The standard InChI is InChI=1S/C15H19N3OS/c1-4-13(15-17-10(2)11(3)20-15)18-14(19)9-12-7-5-6-8-16-12/h5-8,13H,4,9H2,1-3H3,(H,18,19)/t13-/m1/s1. The second-order valence-electron chi connectivity index (χ2n) is 4.72. The molecule has 0 bridgehead atoms. The van der Waals surface area contributed by atoms with Crippen molar-refractivity contribution in [1.82, 2.24) is 15.3 Å². The number of thiazole rings is 1.